The Labute approximate surface area is 199 Å². The van der Waals surface area contributed by atoms with Crippen molar-refractivity contribution in [3.63, 3.8) is 0 Å². The summed E-state index contributed by atoms with van der Waals surface area (Å²) in [6.07, 6.45) is 3.52. The lowest BCUT2D eigenvalue weighted by Gasteiger charge is -2.21. The summed E-state index contributed by atoms with van der Waals surface area (Å²) in [6.45, 7) is 0. The number of methoxy groups -OCH3 is 1. The van der Waals surface area contributed by atoms with Gasteiger partial charge in [0, 0.05) is 23.7 Å². The molecular formula is C26H24N4O3S. The van der Waals surface area contributed by atoms with Crippen LogP contribution >= 0.6 is 0 Å². The number of nitrogens with zero attached hydrogens (tertiary/aromatic N) is 4. The number of rotatable bonds is 6. The Balaban J connectivity index is 1.63. The van der Waals surface area contributed by atoms with Crippen LogP contribution < -0.4 is 4.74 Å². The Kier molecular flexibility index (Phi) is 5.67. The molecule has 3 aromatic carbocycles. The summed E-state index contributed by atoms with van der Waals surface area (Å²) >= 11 is 0. The lowest BCUT2D eigenvalue weighted by molar-refractivity contribution is 0.371. The van der Waals surface area contributed by atoms with Crippen molar-refractivity contribution in [2.45, 2.75) is 12.5 Å². The molecule has 0 radical (unpaired) electrons. The topological polar surface area (TPSA) is 76.8 Å². The summed E-state index contributed by atoms with van der Waals surface area (Å²) in [5, 5.41) is 9.46. The van der Waals surface area contributed by atoms with E-state index >= 15 is 0 Å². The highest BCUT2D eigenvalue weighted by molar-refractivity contribution is 7.88. The molecule has 4 aromatic rings. The van der Waals surface area contributed by atoms with Crippen LogP contribution in [0.2, 0.25) is 0 Å². The van der Waals surface area contributed by atoms with E-state index in [-0.39, 0.29) is 0 Å². The fourth-order valence-electron chi connectivity index (χ4n) is 4.16. The number of ether oxygens (including phenoxy) is 1. The van der Waals surface area contributed by atoms with Gasteiger partial charge in [-0.2, -0.15) is 14.6 Å². The van der Waals surface area contributed by atoms with Gasteiger partial charge in [0.25, 0.3) is 0 Å². The van der Waals surface area contributed by atoms with Crippen LogP contribution in [0.15, 0.2) is 96.2 Å². The van der Waals surface area contributed by atoms with E-state index in [2.05, 4.69) is 5.10 Å². The smallest absolute Gasteiger partial charge is 0.247 e. The Hall–Kier alpha value is -3.91. The van der Waals surface area contributed by atoms with Crippen molar-refractivity contribution in [1.82, 2.24) is 14.2 Å². The molecule has 0 spiro atoms. The third kappa shape index (κ3) is 4.20. The minimum atomic E-state index is -3.61. The number of para-hydroxylation sites is 1. The summed E-state index contributed by atoms with van der Waals surface area (Å²) in [5.74, 6) is 0.668. The Morgan fingerprint density at radius 1 is 0.941 bits per heavy atom. The van der Waals surface area contributed by atoms with Gasteiger partial charge in [0.05, 0.1) is 30.8 Å². The van der Waals surface area contributed by atoms with Gasteiger partial charge >= 0.3 is 0 Å². The number of benzene rings is 3. The second kappa shape index (κ2) is 8.79. The van der Waals surface area contributed by atoms with Crippen molar-refractivity contribution in [3.8, 4) is 22.7 Å². The first-order chi connectivity index (χ1) is 16.4. The molecule has 0 N–H and O–H groups in total. The molecule has 8 heteroatoms. The Morgan fingerprint density at radius 2 is 1.65 bits per heavy atom. The molecule has 1 aliphatic rings. The summed E-state index contributed by atoms with van der Waals surface area (Å²) in [7, 11) is -2.01. The van der Waals surface area contributed by atoms with Gasteiger partial charge in [-0.3, -0.25) is 0 Å². The lowest BCUT2D eigenvalue weighted by atomic mass is 9.97. The third-order valence-corrected chi connectivity index (χ3v) is 6.80. The quantitative estimate of drug-likeness (QED) is 0.409. The zero-order chi connectivity index (χ0) is 23.7. The lowest BCUT2D eigenvalue weighted by Crippen LogP contribution is -2.25. The van der Waals surface area contributed by atoms with Gasteiger partial charge in [-0.15, -0.1) is 0 Å². The van der Waals surface area contributed by atoms with Crippen LogP contribution in [0.3, 0.4) is 0 Å². The molecule has 1 aromatic heterocycles. The first kappa shape index (κ1) is 21.9. The molecule has 0 saturated carbocycles. The molecule has 5 rings (SSSR count). The van der Waals surface area contributed by atoms with Gasteiger partial charge in [-0.25, -0.2) is 13.1 Å². The minimum absolute atomic E-state index is 0.417. The fraction of sp³-hybridized carbons (Fsp3) is 0.154. The van der Waals surface area contributed by atoms with Crippen molar-refractivity contribution in [2.75, 3.05) is 13.4 Å². The van der Waals surface area contributed by atoms with Crippen molar-refractivity contribution < 1.29 is 13.2 Å². The number of hydrogen-bond donors (Lipinski definition) is 0. The maximum Gasteiger partial charge on any atom is 0.247 e. The zero-order valence-electron chi connectivity index (χ0n) is 18.9. The van der Waals surface area contributed by atoms with Crippen LogP contribution in [0, 0.1) is 0 Å². The monoisotopic (exact) mass is 472 g/mol. The van der Waals surface area contributed by atoms with Crippen molar-refractivity contribution >= 4 is 15.7 Å². The first-order valence-corrected chi connectivity index (χ1v) is 12.7. The second-order valence-electron chi connectivity index (χ2n) is 8.12. The number of aromatic nitrogens is 2. The van der Waals surface area contributed by atoms with Gasteiger partial charge in [-0.05, 0) is 29.8 Å². The van der Waals surface area contributed by atoms with E-state index < -0.39 is 16.1 Å². The molecule has 0 aliphatic carbocycles. The maximum atomic E-state index is 12.7. The van der Waals surface area contributed by atoms with E-state index in [1.807, 2.05) is 95.8 Å². The van der Waals surface area contributed by atoms with Crippen molar-refractivity contribution in [3.05, 3.63) is 102 Å². The van der Waals surface area contributed by atoms with Gasteiger partial charge in [0.15, 0.2) is 0 Å². The summed E-state index contributed by atoms with van der Waals surface area (Å²) in [4.78, 5) is 0. The molecule has 1 aliphatic heterocycles. The van der Waals surface area contributed by atoms with Crippen LogP contribution in [0.5, 0.6) is 5.75 Å². The molecule has 0 amide bonds. The molecule has 0 unspecified atom stereocenters. The first-order valence-electron chi connectivity index (χ1n) is 10.9. The van der Waals surface area contributed by atoms with E-state index in [4.69, 9.17) is 9.84 Å². The highest BCUT2D eigenvalue weighted by Crippen LogP contribution is 2.37. The van der Waals surface area contributed by atoms with E-state index in [0.29, 0.717) is 17.9 Å². The van der Waals surface area contributed by atoms with Crippen molar-refractivity contribution in [2.24, 2.45) is 5.10 Å². The Bertz CT molecular complexity index is 1450. The summed E-state index contributed by atoms with van der Waals surface area (Å²) in [5.41, 5.74) is 4.89. The molecule has 172 valence electrons. The number of hydrogen-bond acceptors (Lipinski definition) is 5. The molecule has 7 nitrogen and oxygen atoms in total. The molecule has 2 heterocycles. The molecular weight excluding hydrogens is 448 g/mol. The summed E-state index contributed by atoms with van der Waals surface area (Å²) in [6, 6.07) is 26.6. The number of sulfonamides is 1. The summed E-state index contributed by atoms with van der Waals surface area (Å²) < 4.78 is 33.8. The molecule has 34 heavy (non-hydrogen) atoms. The average Bonchev–Trinajstić information content (AvgIpc) is 3.50. The minimum Gasteiger partial charge on any atom is -0.497 e. The molecule has 0 saturated heterocycles. The van der Waals surface area contributed by atoms with E-state index in [1.54, 1.807) is 7.11 Å². The van der Waals surface area contributed by atoms with Crippen molar-refractivity contribution in [1.29, 1.82) is 0 Å². The fourth-order valence-corrected chi connectivity index (χ4v) is 5.07. The van der Waals surface area contributed by atoms with Gasteiger partial charge < -0.3 is 4.74 Å². The van der Waals surface area contributed by atoms with Crippen LogP contribution in [-0.4, -0.2) is 41.7 Å². The van der Waals surface area contributed by atoms with Crippen LogP contribution in [0.4, 0.5) is 0 Å². The zero-order valence-corrected chi connectivity index (χ0v) is 19.7. The maximum absolute atomic E-state index is 12.7. The van der Waals surface area contributed by atoms with Crippen LogP contribution in [0.25, 0.3) is 16.9 Å². The van der Waals surface area contributed by atoms with Gasteiger partial charge in [0.2, 0.25) is 10.0 Å². The van der Waals surface area contributed by atoms with Crippen LogP contribution in [0.1, 0.15) is 23.6 Å². The van der Waals surface area contributed by atoms with Crippen LogP contribution in [-0.2, 0) is 10.0 Å². The molecule has 0 bridgehead atoms. The standard InChI is InChI=1S/C26H24N4O3S/c1-33-22-15-9-12-20(16-22)25-17-24(27-30(25)34(2,31)32)23-18-29(21-13-7-4-8-14-21)28-26(23)19-10-5-3-6-11-19/h3-16,18,25H,17H2,1-2H3/t25-/m0/s1. The van der Waals surface area contributed by atoms with E-state index in [1.165, 1.54) is 10.7 Å². The highest BCUT2D eigenvalue weighted by Gasteiger charge is 2.36. The molecule has 1 atom stereocenters. The number of hydrazone groups is 1. The average molecular weight is 473 g/mol. The van der Waals surface area contributed by atoms with Gasteiger partial charge in [0.1, 0.15) is 11.4 Å². The SMILES string of the molecule is COc1cccc([C@@H]2CC(c3cn(-c4ccccc4)nc3-c3ccccc3)=NN2S(C)(=O)=O)c1. The molecule has 0 fully saturated rings. The Morgan fingerprint density at radius 3 is 2.32 bits per heavy atom. The second-order valence-corrected chi connectivity index (χ2v) is 9.96. The normalized spacial score (nSPS) is 15.9. The van der Waals surface area contributed by atoms with E-state index in [0.717, 1.165) is 28.1 Å². The van der Waals surface area contributed by atoms with Gasteiger partial charge in [-0.1, -0.05) is 60.7 Å². The third-order valence-electron chi connectivity index (χ3n) is 5.78. The largest absolute Gasteiger partial charge is 0.497 e. The predicted octanol–water partition coefficient (Wildman–Crippen LogP) is 4.66. The predicted molar refractivity (Wildman–Crippen MR) is 133 cm³/mol. The van der Waals surface area contributed by atoms with E-state index in [9.17, 15) is 8.42 Å². The highest BCUT2D eigenvalue weighted by atomic mass is 32.2.